The monoisotopic (exact) mass is 327 g/mol. The fourth-order valence-corrected chi connectivity index (χ4v) is 2.57. The van der Waals surface area contributed by atoms with E-state index in [9.17, 15) is 9.90 Å². The van der Waals surface area contributed by atoms with Crippen LogP contribution < -0.4 is 5.32 Å². The topological polar surface area (TPSA) is 62.5 Å². The van der Waals surface area contributed by atoms with Crippen molar-refractivity contribution in [1.82, 2.24) is 5.32 Å². The summed E-state index contributed by atoms with van der Waals surface area (Å²) in [5.74, 6) is 0.577. The predicted octanol–water partition coefficient (Wildman–Crippen LogP) is 3.37. The third-order valence-corrected chi connectivity index (χ3v) is 3.66. The second-order valence-electron chi connectivity index (χ2n) is 4.53. The molecule has 2 aromatic rings. The molecule has 0 unspecified atom stereocenters. The number of amides is 1. The molecule has 0 saturated carbocycles. The van der Waals surface area contributed by atoms with Crippen LogP contribution in [-0.4, -0.2) is 17.6 Å². The fourth-order valence-electron chi connectivity index (χ4n) is 1.92. The first kappa shape index (κ1) is 15.9. The SMILES string of the molecule is O=C(CCc1ccco1)NC[C@@H](O)c1c(Cl)cccc1Cl. The maximum atomic E-state index is 11.7. The summed E-state index contributed by atoms with van der Waals surface area (Å²) in [6.07, 6.45) is 1.42. The highest BCUT2D eigenvalue weighted by Crippen LogP contribution is 2.29. The maximum absolute atomic E-state index is 11.7. The van der Waals surface area contributed by atoms with Gasteiger partial charge in [0.15, 0.2) is 0 Å². The van der Waals surface area contributed by atoms with Crippen LogP contribution in [0.3, 0.4) is 0 Å². The quantitative estimate of drug-likeness (QED) is 0.855. The first-order valence-corrected chi connectivity index (χ1v) is 7.24. The smallest absolute Gasteiger partial charge is 0.220 e. The molecule has 0 spiro atoms. The molecule has 1 heterocycles. The number of aliphatic hydroxyl groups is 1. The molecule has 0 aliphatic rings. The van der Waals surface area contributed by atoms with Crippen LogP contribution in [-0.2, 0) is 11.2 Å². The Kier molecular flexibility index (Phi) is 5.67. The minimum atomic E-state index is -0.946. The summed E-state index contributed by atoms with van der Waals surface area (Å²) < 4.78 is 5.15. The zero-order valence-electron chi connectivity index (χ0n) is 11.2. The largest absolute Gasteiger partial charge is 0.469 e. The van der Waals surface area contributed by atoms with Gasteiger partial charge >= 0.3 is 0 Å². The van der Waals surface area contributed by atoms with Gasteiger partial charge in [-0.25, -0.2) is 0 Å². The van der Waals surface area contributed by atoms with Crippen LogP contribution in [0, 0.1) is 0 Å². The number of aliphatic hydroxyl groups excluding tert-OH is 1. The van der Waals surface area contributed by atoms with Gasteiger partial charge < -0.3 is 14.8 Å². The first-order valence-electron chi connectivity index (χ1n) is 6.49. The molecule has 0 aliphatic heterocycles. The molecular formula is C15H15Cl2NO3. The molecule has 1 aromatic heterocycles. The number of hydrogen-bond donors (Lipinski definition) is 2. The van der Waals surface area contributed by atoms with Crippen LogP contribution in [0.25, 0.3) is 0 Å². The highest BCUT2D eigenvalue weighted by molar-refractivity contribution is 6.36. The number of rotatable bonds is 6. The molecule has 0 radical (unpaired) electrons. The van der Waals surface area contributed by atoms with Gasteiger partial charge in [-0.1, -0.05) is 29.3 Å². The number of furan rings is 1. The van der Waals surface area contributed by atoms with E-state index in [0.717, 1.165) is 5.76 Å². The number of nitrogens with one attached hydrogen (secondary N) is 1. The van der Waals surface area contributed by atoms with Crippen molar-refractivity contribution in [3.63, 3.8) is 0 Å². The minimum Gasteiger partial charge on any atom is -0.469 e. The number of carbonyl (C=O) groups is 1. The van der Waals surface area contributed by atoms with Crippen molar-refractivity contribution in [2.75, 3.05) is 6.54 Å². The van der Waals surface area contributed by atoms with Crippen LogP contribution in [0.1, 0.15) is 23.8 Å². The van der Waals surface area contributed by atoms with Crippen molar-refractivity contribution < 1.29 is 14.3 Å². The van der Waals surface area contributed by atoms with Crippen LogP contribution >= 0.6 is 23.2 Å². The Labute approximate surface area is 132 Å². The number of halogens is 2. The number of benzene rings is 1. The molecule has 2 N–H and O–H groups in total. The molecule has 112 valence electrons. The third kappa shape index (κ3) is 4.49. The Morgan fingerprint density at radius 3 is 2.57 bits per heavy atom. The van der Waals surface area contributed by atoms with Gasteiger partial charge in [-0.3, -0.25) is 4.79 Å². The molecule has 0 aliphatic carbocycles. The Balaban J connectivity index is 1.83. The van der Waals surface area contributed by atoms with Gasteiger partial charge in [-0.2, -0.15) is 0 Å². The Morgan fingerprint density at radius 2 is 1.95 bits per heavy atom. The lowest BCUT2D eigenvalue weighted by Crippen LogP contribution is -2.28. The Morgan fingerprint density at radius 1 is 1.24 bits per heavy atom. The van der Waals surface area contributed by atoms with Gasteiger partial charge in [0.2, 0.25) is 5.91 Å². The van der Waals surface area contributed by atoms with Gasteiger partial charge in [-0.05, 0) is 24.3 Å². The molecule has 4 nitrogen and oxygen atoms in total. The molecule has 0 saturated heterocycles. The third-order valence-electron chi connectivity index (χ3n) is 3.00. The van der Waals surface area contributed by atoms with E-state index >= 15 is 0 Å². The standard InChI is InChI=1S/C15H15Cl2NO3/c16-11-4-1-5-12(17)15(11)13(19)9-18-14(20)7-6-10-3-2-8-21-10/h1-5,8,13,19H,6-7,9H2,(H,18,20)/t13-/m1/s1. The molecule has 1 atom stereocenters. The van der Waals surface area contributed by atoms with Crippen molar-refractivity contribution in [2.24, 2.45) is 0 Å². The second-order valence-corrected chi connectivity index (χ2v) is 5.35. The van der Waals surface area contributed by atoms with Crippen LogP contribution in [0.5, 0.6) is 0 Å². The van der Waals surface area contributed by atoms with Crippen molar-refractivity contribution in [1.29, 1.82) is 0 Å². The van der Waals surface area contributed by atoms with E-state index in [1.807, 2.05) is 6.07 Å². The lowest BCUT2D eigenvalue weighted by Gasteiger charge is -2.15. The van der Waals surface area contributed by atoms with Crippen LogP contribution in [0.4, 0.5) is 0 Å². The van der Waals surface area contributed by atoms with E-state index < -0.39 is 6.10 Å². The summed E-state index contributed by atoms with van der Waals surface area (Å²) in [7, 11) is 0. The van der Waals surface area contributed by atoms with Gasteiger partial charge in [0.05, 0.1) is 12.4 Å². The molecule has 6 heteroatoms. The minimum absolute atomic E-state index is 0.0560. The highest BCUT2D eigenvalue weighted by atomic mass is 35.5. The lowest BCUT2D eigenvalue weighted by molar-refractivity contribution is -0.121. The predicted molar refractivity (Wildman–Crippen MR) is 81.5 cm³/mol. The van der Waals surface area contributed by atoms with E-state index in [1.54, 1.807) is 30.5 Å². The summed E-state index contributed by atoms with van der Waals surface area (Å²) in [5.41, 5.74) is 0.423. The molecule has 1 aromatic carbocycles. The van der Waals surface area contributed by atoms with Gasteiger partial charge in [0, 0.05) is 35.0 Å². The average molecular weight is 328 g/mol. The number of aryl methyl sites for hydroxylation is 1. The van der Waals surface area contributed by atoms with Crippen molar-refractivity contribution in [3.8, 4) is 0 Å². The summed E-state index contributed by atoms with van der Waals surface area (Å²) in [6.45, 7) is 0.0560. The van der Waals surface area contributed by atoms with Crippen molar-refractivity contribution in [3.05, 3.63) is 58.0 Å². The van der Waals surface area contributed by atoms with Gasteiger partial charge in [-0.15, -0.1) is 0 Å². The first-order chi connectivity index (χ1) is 10.1. The van der Waals surface area contributed by atoms with E-state index in [1.165, 1.54) is 0 Å². The van der Waals surface area contributed by atoms with E-state index in [4.69, 9.17) is 27.6 Å². The number of hydrogen-bond acceptors (Lipinski definition) is 3. The van der Waals surface area contributed by atoms with E-state index in [0.29, 0.717) is 22.0 Å². The molecule has 2 rings (SSSR count). The van der Waals surface area contributed by atoms with Crippen molar-refractivity contribution in [2.45, 2.75) is 18.9 Å². The summed E-state index contributed by atoms with van der Waals surface area (Å²) >= 11 is 12.0. The second kappa shape index (κ2) is 7.50. The molecule has 0 fully saturated rings. The summed E-state index contributed by atoms with van der Waals surface area (Å²) in [5, 5.41) is 13.5. The zero-order chi connectivity index (χ0) is 15.2. The summed E-state index contributed by atoms with van der Waals surface area (Å²) in [6, 6.07) is 8.57. The van der Waals surface area contributed by atoms with Crippen LogP contribution in [0.2, 0.25) is 10.0 Å². The average Bonchev–Trinajstić information content (AvgIpc) is 2.96. The van der Waals surface area contributed by atoms with E-state index in [-0.39, 0.29) is 18.9 Å². The molecule has 1 amide bonds. The van der Waals surface area contributed by atoms with Crippen LogP contribution in [0.15, 0.2) is 41.0 Å². The zero-order valence-corrected chi connectivity index (χ0v) is 12.7. The number of carbonyl (C=O) groups excluding carboxylic acids is 1. The summed E-state index contributed by atoms with van der Waals surface area (Å²) in [4.78, 5) is 11.7. The highest BCUT2D eigenvalue weighted by Gasteiger charge is 2.16. The van der Waals surface area contributed by atoms with Gasteiger partial charge in [0.25, 0.3) is 0 Å². The molecule has 21 heavy (non-hydrogen) atoms. The van der Waals surface area contributed by atoms with Gasteiger partial charge in [0.1, 0.15) is 5.76 Å². The molecular weight excluding hydrogens is 313 g/mol. The normalized spacial score (nSPS) is 12.1. The Hall–Kier alpha value is -1.49. The maximum Gasteiger partial charge on any atom is 0.220 e. The molecule has 0 bridgehead atoms. The Bertz CT molecular complexity index is 579. The van der Waals surface area contributed by atoms with E-state index in [2.05, 4.69) is 5.32 Å². The lowest BCUT2D eigenvalue weighted by atomic mass is 10.1. The fraction of sp³-hybridized carbons (Fsp3) is 0.267. The van der Waals surface area contributed by atoms with Crippen molar-refractivity contribution >= 4 is 29.1 Å².